The van der Waals surface area contributed by atoms with E-state index in [1.54, 1.807) is 5.57 Å². The van der Waals surface area contributed by atoms with E-state index in [9.17, 15) is 4.79 Å². The maximum atomic E-state index is 13.2. The van der Waals surface area contributed by atoms with Gasteiger partial charge in [0.1, 0.15) is 5.78 Å². The topological polar surface area (TPSA) is 26.3 Å². The number of allylic oxidation sites excluding steroid dienone is 2. The maximum Gasteiger partial charge on any atom is 0.261 e. The van der Waals surface area contributed by atoms with Crippen molar-refractivity contribution in [2.24, 2.45) is 23.2 Å². The molecule has 2 saturated carbocycles. The molecule has 2 aromatic rings. The number of hydrogen-bond donors (Lipinski definition) is 0. The molecule has 0 bridgehead atoms. The summed E-state index contributed by atoms with van der Waals surface area (Å²) in [5, 5.41) is 2.64. The van der Waals surface area contributed by atoms with Gasteiger partial charge in [-0.2, -0.15) is 0 Å². The Hall–Kier alpha value is -1.97. The first-order chi connectivity index (χ1) is 15.8. The third-order valence-corrected chi connectivity index (χ3v) is 13.8. The second kappa shape index (κ2) is 8.36. The summed E-state index contributed by atoms with van der Waals surface area (Å²) < 4.78 is 7.05. The molecule has 3 aliphatic rings. The van der Waals surface area contributed by atoms with E-state index in [-0.39, 0.29) is 16.4 Å². The Bertz CT molecular complexity index is 996. The smallest absolute Gasteiger partial charge is 0.261 e. The molecule has 2 aromatic carbocycles. The Balaban J connectivity index is 1.33. The molecular formula is C30H38O2Si. The lowest BCUT2D eigenvalue weighted by atomic mass is 9.81. The first-order valence-corrected chi connectivity index (χ1v) is 14.7. The lowest BCUT2D eigenvalue weighted by molar-refractivity contribution is -0.125. The molecule has 0 heterocycles. The number of hydrogen-bond acceptors (Lipinski definition) is 2. The predicted octanol–water partition coefficient (Wildman–Crippen LogP) is 5.90. The Morgan fingerprint density at radius 3 is 2.15 bits per heavy atom. The quantitative estimate of drug-likeness (QED) is 0.293. The molecule has 0 radical (unpaired) electrons. The Kier molecular flexibility index (Phi) is 5.77. The van der Waals surface area contributed by atoms with Gasteiger partial charge in [-0.15, -0.1) is 0 Å². The number of carbonyl (C=O) groups is 1. The van der Waals surface area contributed by atoms with Crippen molar-refractivity contribution in [3.8, 4) is 0 Å². The van der Waals surface area contributed by atoms with E-state index in [0.29, 0.717) is 24.2 Å². The number of benzene rings is 2. The summed E-state index contributed by atoms with van der Waals surface area (Å²) in [4.78, 5) is 13.2. The van der Waals surface area contributed by atoms with E-state index in [1.165, 1.54) is 16.8 Å². The molecule has 2 nitrogen and oxygen atoms in total. The van der Waals surface area contributed by atoms with Gasteiger partial charge < -0.3 is 4.43 Å². The molecule has 3 heteroatoms. The van der Waals surface area contributed by atoms with Crippen LogP contribution < -0.4 is 10.4 Å². The molecule has 0 N–H and O–H groups in total. The van der Waals surface area contributed by atoms with Crippen molar-refractivity contribution in [2.45, 2.75) is 64.8 Å². The van der Waals surface area contributed by atoms with Crippen LogP contribution in [-0.2, 0) is 9.22 Å². The molecular weight excluding hydrogens is 420 g/mol. The van der Waals surface area contributed by atoms with E-state index >= 15 is 0 Å². The van der Waals surface area contributed by atoms with Crippen LogP contribution in [0.3, 0.4) is 0 Å². The number of rotatable bonds is 7. The van der Waals surface area contributed by atoms with Crippen molar-refractivity contribution in [1.29, 1.82) is 0 Å². The third-order valence-electron chi connectivity index (χ3n) is 8.76. The molecule has 2 fully saturated rings. The van der Waals surface area contributed by atoms with Gasteiger partial charge in [0.05, 0.1) is 0 Å². The first-order valence-electron chi connectivity index (χ1n) is 12.8. The molecule has 0 aromatic heterocycles. The minimum atomic E-state index is -2.49. The number of Topliss-reactive ketones (excluding diaryl/α,β-unsaturated/α-hetero) is 1. The van der Waals surface area contributed by atoms with Crippen LogP contribution in [-0.4, -0.2) is 20.7 Å². The van der Waals surface area contributed by atoms with Crippen LogP contribution >= 0.6 is 0 Å². The fraction of sp³-hybridized carbons (Fsp3) is 0.500. The van der Waals surface area contributed by atoms with Gasteiger partial charge in [0.2, 0.25) is 0 Å². The summed E-state index contributed by atoms with van der Waals surface area (Å²) in [7, 11) is -2.49. The SMILES string of the molecule is CC(C)(C)[Si](OCCC[C@H]1CC2=CCC[C@@]3(C)[C@H](C1=O)[C@H]23)(c1ccccc1)c1ccccc1. The summed E-state index contributed by atoms with van der Waals surface area (Å²) in [6, 6.07) is 21.7. The van der Waals surface area contributed by atoms with E-state index in [4.69, 9.17) is 4.43 Å². The van der Waals surface area contributed by atoms with E-state index in [0.717, 1.165) is 25.7 Å². The molecule has 33 heavy (non-hydrogen) atoms. The largest absolute Gasteiger partial charge is 0.407 e. The van der Waals surface area contributed by atoms with Gasteiger partial charge in [-0.05, 0) is 58.8 Å². The molecule has 0 unspecified atom stereocenters. The minimum Gasteiger partial charge on any atom is -0.407 e. The lowest BCUT2D eigenvalue weighted by Gasteiger charge is -2.43. The van der Waals surface area contributed by atoms with Crippen molar-refractivity contribution in [3.63, 3.8) is 0 Å². The van der Waals surface area contributed by atoms with Gasteiger partial charge in [-0.3, -0.25) is 4.79 Å². The van der Waals surface area contributed by atoms with Crippen molar-refractivity contribution in [1.82, 2.24) is 0 Å². The number of carbonyl (C=O) groups excluding carboxylic acids is 1. The monoisotopic (exact) mass is 458 g/mol. The summed E-state index contributed by atoms with van der Waals surface area (Å²) in [6.07, 6.45) is 7.70. The molecule has 0 amide bonds. The number of ketones is 1. The van der Waals surface area contributed by atoms with Crippen LogP contribution in [0.25, 0.3) is 0 Å². The highest BCUT2D eigenvalue weighted by molar-refractivity contribution is 6.99. The van der Waals surface area contributed by atoms with Gasteiger partial charge in [0.15, 0.2) is 0 Å². The van der Waals surface area contributed by atoms with Crippen LogP contribution in [0.4, 0.5) is 0 Å². The van der Waals surface area contributed by atoms with Gasteiger partial charge in [0.25, 0.3) is 8.32 Å². The lowest BCUT2D eigenvalue weighted by Crippen LogP contribution is -2.66. The molecule has 0 spiro atoms. The van der Waals surface area contributed by atoms with E-state index in [1.807, 2.05) is 0 Å². The van der Waals surface area contributed by atoms with Gasteiger partial charge in [-0.1, -0.05) is 100 Å². The molecule has 0 saturated heterocycles. The second-order valence-electron chi connectivity index (χ2n) is 11.7. The van der Waals surface area contributed by atoms with E-state index in [2.05, 4.69) is 94.4 Å². The zero-order valence-corrected chi connectivity index (χ0v) is 21.6. The molecule has 0 aliphatic heterocycles. The zero-order valence-electron chi connectivity index (χ0n) is 20.6. The Morgan fingerprint density at radius 2 is 1.58 bits per heavy atom. The Morgan fingerprint density at radius 1 is 0.970 bits per heavy atom. The first kappa shape index (κ1) is 22.8. The molecule has 5 rings (SSSR count). The van der Waals surface area contributed by atoms with Crippen LogP contribution in [0.2, 0.25) is 5.04 Å². The fourth-order valence-electron chi connectivity index (χ4n) is 7.11. The summed E-state index contributed by atoms with van der Waals surface area (Å²) in [6.45, 7) is 10.0. The van der Waals surface area contributed by atoms with Crippen LogP contribution in [0.1, 0.15) is 59.8 Å². The zero-order chi connectivity index (χ0) is 23.3. The van der Waals surface area contributed by atoms with Crippen LogP contribution in [0.15, 0.2) is 72.3 Å². The summed E-state index contributed by atoms with van der Waals surface area (Å²) in [5.41, 5.74) is 1.87. The molecule has 174 valence electrons. The second-order valence-corrected chi connectivity index (χ2v) is 16.0. The molecule has 3 aliphatic carbocycles. The standard InChI is InChI=1S/C30H38O2Si/c1-29(2,3)33(24-15-7-5-8-16-24,25-17-9-6-10-18-25)32-20-12-14-23-21-22-13-11-19-30(4)26(22)27(30)28(23)31/h5-10,13,15-18,23,26-27H,11-12,14,19-21H2,1-4H3/t23-,26-,27-,30+/m0/s1. The third kappa shape index (κ3) is 3.68. The van der Waals surface area contributed by atoms with Gasteiger partial charge in [0, 0.05) is 18.4 Å². The minimum absolute atomic E-state index is 0.00588. The van der Waals surface area contributed by atoms with E-state index < -0.39 is 8.32 Å². The van der Waals surface area contributed by atoms with Crippen LogP contribution in [0.5, 0.6) is 0 Å². The van der Waals surface area contributed by atoms with Crippen molar-refractivity contribution < 1.29 is 9.22 Å². The molecule has 4 atom stereocenters. The summed E-state index contributed by atoms with van der Waals surface area (Å²) >= 11 is 0. The van der Waals surface area contributed by atoms with Crippen molar-refractivity contribution in [3.05, 3.63) is 72.3 Å². The fourth-order valence-corrected chi connectivity index (χ4v) is 11.7. The average Bonchev–Trinajstić information content (AvgIpc) is 3.44. The predicted molar refractivity (Wildman–Crippen MR) is 138 cm³/mol. The van der Waals surface area contributed by atoms with Gasteiger partial charge in [-0.25, -0.2) is 0 Å². The van der Waals surface area contributed by atoms with Gasteiger partial charge >= 0.3 is 0 Å². The highest BCUT2D eigenvalue weighted by atomic mass is 28.4. The van der Waals surface area contributed by atoms with Crippen molar-refractivity contribution in [2.75, 3.05) is 6.61 Å². The highest BCUT2D eigenvalue weighted by Gasteiger charge is 2.68. The summed E-state index contributed by atoms with van der Waals surface area (Å²) in [5.74, 6) is 1.62. The normalized spacial score (nSPS) is 28.8. The number of fused-ring (bicyclic) bond motifs is 1. The maximum absolute atomic E-state index is 13.2. The van der Waals surface area contributed by atoms with Crippen LogP contribution in [0, 0.1) is 23.2 Å². The van der Waals surface area contributed by atoms with Crippen molar-refractivity contribution >= 4 is 24.5 Å². The highest BCUT2D eigenvalue weighted by Crippen LogP contribution is 2.70. The Labute approximate surface area is 200 Å². The average molecular weight is 459 g/mol.